The molecule has 1 aromatic rings. The lowest BCUT2D eigenvalue weighted by molar-refractivity contribution is 0.266. The van der Waals surface area contributed by atoms with E-state index in [1.807, 2.05) is 0 Å². The zero-order chi connectivity index (χ0) is 27.2. The van der Waals surface area contributed by atoms with E-state index < -0.39 is 0 Å². The second-order valence-corrected chi connectivity index (χ2v) is 12.3. The molecule has 0 bridgehead atoms. The minimum Gasteiger partial charge on any atom is -0.485 e. The molecule has 7 rings (SSSR count). The number of nitrogens with zero attached hydrogens (tertiary/aromatic N) is 1. The normalized spacial score (nSPS) is 33.7. The fourth-order valence-electron chi connectivity index (χ4n) is 7.89. The lowest BCUT2D eigenvalue weighted by Gasteiger charge is -2.36. The first-order chi connectivity index (χ1) is 19.7. The van der Waals surface area contributed by atoms with E-state index in [-0.39, 0.29) is 18.1 Å². The molecule has 2 heteroatoms. The molecule has 1 aromatic carbocycles. The molecular weight excluding hydrogens is 486 g/mol. The fraction of sp³-hybridized carbons (Fsp3) is 0.368. The van der Waals surface area contributed by atoms with Crippen molar-refractivity contribution < 1.29 is 4.74 Å². The van der Waals surface area contributed by atoms with Crippen LogP contribution in [-0.2, 0) is 0 Å². The standard InChI is InChI=1S/C38H41NO/c1-4-12-34-31(5-2)37-35(20-19-33-32-17-9-10-18-36(32)40-38(33)37)39(34)30-23-28(26-14-7-6-8-15-26)22-29(24-30)27-16-11-13-25(3)21-27/h4-5,7,9-15,17-20,23-25,27-28,31-32,34,36H,2,6,8,16,21-22H2,1,3H3/b12-4-/t25?,27?,28-,31?,32?,34?,36?/m1/s1. The summed E-state index contributed by atoms with van der Waals surface area (Å²) in [5, 5.41) is 0. The lowest BCUT2D eigenvalue weighted by atomic mass is 9.75. The average molecular weight is 528 g/mol. The maximum Gasteiger partial charge on any atom is 0.130 e. The molecule has 2 nitrogen and oxygen atoms in total. The van der Waals surface area contributed by atoms with Crippen molar-refractivity contribution in [2.24, 2.45) is 17.8 Å². The topological polar surface area (TPSA) is 12.5 Å². The van der Waals surface area contributed by atoms with E-state index in [1.165, 1.54) is 34.5 Å². The number of hydrogen-bond donors (Lipinski definition) is 0. The molecule has 0 spiro atoms. The summed E-state index contributed by atoms with van der Waals surface area (Å²) in [5.41, 5.74) is 8.31. The third-order valence-corrected chi connectivity index (χ3v) is 9.76. The van der Waals surface area contributed by atoms with Gasteiger partial charge in [0.1, 0.15) is 11.9 Å². The Morgan fingerprint density at radius 3 is 2.77 bits per heavy atom. The minimum absolute atomic E-state index is 0.0855. The molecule has 2 aliphatic heterocycles. The van der Waals surface area contributed by atoms with Crippen molar-refractivity contribution in [1.29, 1.82) is 0 Å². The van der Waals surface area contributed by atoms with Crippen LogP contribution in [0, 0.1) is 17.8 Å². The number of rotatable bonds is 5. The van der Waals surface area contributed by atoms with Crippen LogP contribution < -0.4 is 9.64 Å². The highest BCUT2D eigenvalue weighted by Crippen LogP contribution is 2.55. The van der Waals surface area contributed by atoms with Crippen LogP contribution in [0.25, 0.3) is 0 Å². The van der Waals surface area contributed by atoms with Crippen LogP contribution >= 0.6 is 0 Å². The molecule has 0 saturated heterocycles. The van der Waals surface area contributed by atoms with Gasteiger partial charge in [0.05, 0.1) is 6.04 Å². The molecule has 6 unspecified atom stereocenters. The van der Waals surface area contributed by atoms with Gasteiger partial charge in [0.15, 0.2) is 0 Å². The van der Waals surface area contributed by atoms with E-state index in [9.17, 15) is 0 Å². The predicted molar refractivity (Wildman–Crippen MR) is 168 cm³/mol. The van der Waals surface area contributed by atoms with Gasteiger partial charge in [-0.1, -0.05) is 91.5 Å². The Bertz CT molecular complexity index is 1440. The fourth-order valence-corrected chi connectivity index (χ4v) is 7.89. The third kappa shape index (κ3) is 4.24. The van der Waals surface area contributed by atoms with Crippen molar-refractivity contribution in [3.8, 4) is 5.75 Å². The molecule has 0 radical (unpaired) electrons. The number of anilines is 1. The van der Waals surface area contributed by atoms with E-state index >= 15 is 0 Å². The average Bonchev–Trinajstić information content (AvgIpc) is 3.53. The molecule has 2 heterocycles. The molecular formula is C38H41NO. The number of allylic oxidation sites excluding steroid dienone is 12. The van der Waals surface area contributed by atoms with E-state index in [1.54, 1.807) is 5.57 Å². The summed E-state index contributed by atoms with van der Waals surface area (Å²) in [4.78, 5) is 2.60. The van der Waals surface area contributed by atoms with Crippen molar-refractivity contribution in [3.05, 3.63) is 132 Å². The second-order valence-electron chi connectivity index (χ2n) is 12.3. The summed E-state index contributed by atoms with van der Waals surface area (Å²) >= 11 is 0. The largest absolute Gasteiger partial charge is 0.485 e. The Labute approximate surface area is 240 Å². The third-order valence-electron chi connectivity index (χ3n) is 9.76. The van der Waals surface area contributed by atoms with Gasteiger partial charge in [-0.15, -0.1) is 6.58 Å². The summed E-state index contributed by atoms with van der Waals surface area (Å²) in [6.07, 6.45) is 38.5. The van der Waals surface area contributed by atoms with Crippen LogP contribution in [0.3, 0.4) is 0 Å². The van der Waals surface area contributed by atoms with Crippen LogP contribution in [0.2, 0.25) is 0 Å². The molecule has 7 atom stereocenters. The van der Waals surface area contributed by atoms with Crippen molar-refractivity contribution in [2.45, 2.75) is 69.9 Å². The molecule has 0 saturated carbocycles. The molecule has 4 aliphatic carbocycles. The second kappa shape index (κ2) is 10.5. The first kappa shape index (κ1) is 25.4. The van der Waals surface area contributed by atoms with Crippen molar-refractivity contribution in [2.75, 3.05) is 4.90 Å². The van der Waals surface area contributed by atoms with Gasteiger partial charge in [-0.2, -0.15) is 0 Å². The van der Waals surface area contributed by atoms with Gasteiger partial charge in [0.2, 0.25) is 0 Å². The van der Waals surface area contributed by atoms with Gasteiger partial charge in [-0.05, 0) is 74.7 Å². The highest BCUT2D eigenvalue weighted by atomic mass is 16.5. The maximum absolute atomic E-state index is 6.70. The van der Waals surface area contributed by atoms with Gasteiger partial charge < -0.3 is 9.64 Å². The lowest BCUT2D eigenvalue weighted by Crippen LogP contribution is -2.33. The van der Waals surface area contributed by atoms with E-state index in [0.717, 1.165) is 31.4 Å². The summed E-state index contributed by atoms with van der Waals surface area (Å²) in [5.74, 6) is 3.20. The van der Waals surface area contributed by atoms with Crippen molar-refractivity contribution in [1.82, 2.24) is 0 Å². The highest BCUT2D eigenvalue weighted by molar-refractivity contribution is 5.76. The molecule has 0 N–H and O–H groups in total. The maximum atomic E-state index is 6.70. The number of hydrogen-bond acceptors (Lipinski definition) is 2. The first-order valence-electron chi connectivity index (χ1n) is 15.3. The summed E-state index contributed by atoms with van der Waals surface area (Å²) in [6.45, 7) is 8.85. The first-order valence-corrected chi connectivity index (χ1v) is 15.3. The number of benzene rings is 1. The van der Waals surface area contributed by atoms with E-state index in [2.05, 4.69) is 123 Å². The van der Waals surface area contributed by atoms with Gasteiger partial charge in [-0.3, -0.25) is 0 Å². The molecule has 0 amide bonds. The number of fused-ring (bicyclic) bond motifs is 5. The molecule has 0 aromatic heterocycles. The van der Waals surface area contributed by atoms with Gasteiger partial charge in [-0.25, -0.2) is 0 Å². The summed E-state index contributed by atoms with van der Waals surface area (Å²) < 4.78 is 6.70. The van der Waals surface area contributed by atoms with Crippen LogP contribution in [0.15, 0.2) is 121 Å². The van der Waals surface area contributed by atoms with Crippen LogP contribution in [0.1, 0.15) is 68.9 Å². The Hall–Kier alpha value is -3.52. The Morgan fingerprint density at radius 2 is 1.98 bits per heavy atom. The van der Waals surface area contributed by atoms with E-state index in [4.69, 9.17) is 4.74 Å². The predicted octanol–water partition coefficient (Wildman–Crippen LogP) is 9.40. The zero-order valence-corrected chi connectivity index (χ0v) is 23.9. The zero-order valence-electron chi connectivity index (χ0n) is 23.9. The van der Waals surface area contributed by atoms with Gasteiger partial charge in [0.25, 0.3) is 0 Å². The van der Waals surface area contributed by atoms with Crippen molar-refractivity contribution in [3.63, 3.8) is 0 Å². The van der Waals surface area contributed by atoms with Crippen molar-refractivity contribution >= 4 is 5.69 Å². The number of ether oxygens (including phenoxy) is 1. The van der Waals surface area contributed by atoms with Crippen LogP contribution in [-0.4, -0.2) is 12.1 Å². The Morgan fingerprint density at radius 1 is 1.07 bits per heavy atom. The highest BCUT2D eigenvalue weighted by Gasteiger charge is 2.44. The summed E-state index contributed by atoms with van der Waals surface area (Å²) in [6, 6.07) is 4.85. The monoisotopic (exact) mass is 527 g/mol. The minimum atomic E-state index is 0.0855. The molecule has 0 fully saturated rings. The summed E-state index contributed by atoms with van der Waals surface area (Å²) in [7, 11) is 0. The molecule has 40 heavy (non-hydrogen) atoms. The SMILES string of the molecule is C=CC1c2c(ccc3c2OC2C=CC=CC32)N(C2=C[C@H](C3=CCCC=C3)CC(C3CC=CC(C)C3)=C2)C1/C=C\C. The Balaban J connectivity index is 1.36. The molecule has 6 aliphatic rings. The smallest absolute Gasteiger partial charge is 0.130 e. The van der Waals surface area contributed by atoms with Gasteiger partial charge >= 0.3 is 0 Å². The van der Waals surface area contributed by atoms with Crippen LogP contribution in [0.5, 0.6) is 5.75 Å². The van der Waals surface area contributed by atoms with Gasteiger partial charge in [0, 0.05) is 40.3 Å². The van der Waals surface area contributed by atoms with Crippen LogP contribution in [0.4, 0.5) is 5.69 Å². The quantitative estimate of drug-likeness (QED) is 0.354. The van der Waals surface area contributed by atoms with E-state index in [0.29, 0.717) is 23.7 Å². The Kier molecular flexibility index (Phi) is 6.66. The molecule has 204 valence electrons.